The van der Waals surface area contributed by atoms with Gasteiger partial charge in [-0.3, -0.25) is 0 Å². The third-order valence-electron chi connectivity index (χ3n) is 16.3. The Labute approximate surface area is 427 Å². The molecule has 0 spiro atoms. The van der Waals surface area contributed by atoms with Crippen LogP contribution in [0.5, 0.6) is 0 Å². The van der Waals surface area contributed by atoms with Crippen LogP contribution >= 0.6 is 0 Å². The summed E-state index contributed by atoms with van der Waals surface area (Å²) in [5.41, 5.74) is 9.90. The first-order valence-electron chi connectivity index (χ1n) is 25.8. The molecule has 0 aromatic heterocycles. The molecule has 0 amide bonds. The molecule has 0 heteroatoms. The van der Waals surface area contributed by atoms with Crippen LogP contribution in [0.4, 0.5) is 0 Å². The zero-order valence-electron chi connectivity index (χ0n) is 40.4. The highest BCUT2D eigenvalue weighted by Gasteiger charge is 2.23. The second-order valence-electron chi connectivity index (χ2n) is 20.2. The van der Waals surface area contributed by atoms with Gasteiger partial charge in [-0.25, -0.2) is 0 Å². The van der Waals surface area contributed by atoms with Crippen LogP contribution in [-0.2, 0) is 0 Å². The smallest absolute Gasteiger partial charge is 0.00137 e. The van der Waals surface area contributed by atoms with Crippen LogP contribution in [0.25, 0.3) is 163 Å². The van der Waals surface area contributed by atoms with Gasteiger partial charge in [-0.15, -0.1) is 0 Å². The predicted octanol–water partition coefficient (Wildman–Crippen LogP) is 21.0. The summed E-state index contributed by atoms with van der Waals surface area (Å²) in [6.07, 6.45) is 0. The average Bonchev–Trinajstić information content (AvgIpc) is 3.49. The largest absolute Gasteiger partial charge is 0.0616 e. The van der Waals surface area contributed by atoms with Crippen molar-refractivity contribution in [2.45, 2.75) is 0 Å². The van der Waals surface area contributed by atoms with Crippen LogP contribution in [0.2, 0.25) is 0 Å². The standard InChI is InChI=1S/C74H44/c1-3-19-47-41-49(35-33-45(47)17-1)69-61-27-11-5-21-53(61)55-23-7-13-29-63(55)71(69)51-37-39-59-57-25-9-16-32-66(57)74-68-44-52(38-40-60(68)58-26-10-15-31-65(58)73(74)67(59)43-51)72-64-30-14-8-24-56(64)54-22-6-12-28-62(54)70(72)50-36-34-46-18-2-4-20-48(46)42-50/h1-44H. The van der Waals surface area contributed by atoms with E-state index in [1.54, 1.807) is 0 Å². The number of hydrogen-bond donors (Lipinski definition) is 0. The first-order valence-corrected chi connectivity index (χ1v) is 25.8. The molecule has 0 bridgehead atoms. The fraction of sp³-hybridized carbons (Fsp3) is 0. The molecule has 16 rings (SSSR count). The van der Waals surface area contributed by atoms with E-state index in [1.807, 2.05) is 0 Å². The molecule has 0 aliphatic carbocycles. The molecule has 0 saturated heterocycles. The predicted molar refractivity (Wildman–Crippen MR) is 321 cm³/mol. The highest BCUT2D eigenvalue weighted by atomic mass is 14.3. The summed E-state index contributed by atoms with van der Waals surface area (Å²) >= 11 is 0. The number of rotatable bonds is 4. The Hall–Kier alpha value is -9.62. The van der Waals surface area contributed by atoms with E-state index < -0.39 is 0 Å². The van der Waals surface area contributed by atoms with Crippen LogP contribution in [0.3, 0.4) is 0 Å². The molecule has 0 fully saturated rings. The Balaban J connectivity index is 1.05. The lowest BCUT2D eigenvalue weighted by Gasteiger charge is -2.21. The SMILES string of the molecule is c1ccc2cc(-c3c(-c4ccc5c6ccccc6c6c7cc(-c8c(-c9ccc%10ccccc%10c9)c9ccccc9c9ccccc89)ccc7c7ccccc7c6c5c4)c4ccccc4c4ccccc34)ccc2c1. The summed E-state index contributed by atoms with van der Waals surface area (Å²) in [4.78, 5) is 0. The fourth-order valence-corrected chi connectivity index (χ4v) is 13.2. The van der Waals surface area contributed by atoms with Crippen molar-refractivity contribution in [2.75, 3.05) is 0 Å². The Morgan fingerprint density at radius 3 is 0.703 bits per heavy atom. The molecule has 0 radical (unpaired) electrons. The minimum absolute atomic E-state index is 1.21. The lowest BCUT2D eigenvalue weighted by atomic mass is 9.81. The lowest BCUT2D eigenvalue weighted by molar-refractivity contribution is 1.66. The number of benzene rings is 16. The van der Waals surface area contributed by atoms with Crippen molar-refractivity contribution >= 4 is 118 Å². The van der Waals surface area contributed by atoms with Gasteiger partial charge in [0.25, 0.3) is 0 Å². The summed E-state index contributed by atoms with van der Waals surface area (Å²) in [6, 6.07) is 100. The summed E-state index contributed by atoms with van der Waals surface area (Å²) in [6.45, 7) is 0. The second-order valence-corrected chi connectivity index (χ2v) is 20.2. The van der Waals surface area contributed by atoms with Gasteiger partial charge < -0.3 is 0 Å². The monoisotopic (exact) mass is 932 g/mol. The maximum Gasteiger partial charge on any atom is -0.00137 e. The molecule has 0 nitrogen and oxygen atoms in total. The first-order chi connectivity index (χ1) is 36.7. The van der Waals surface area contributed by atoms with Gasteiger partial charge in [-0.05, 0) is 187 Å². The summed E-state index contributed by atoms with van der Waals surface area (Å²) in [5.74, 6) is 0. The van der Waals surface area contributed by atoms with Crippen molar-refractivity contribution < 1.29 is 0 Å². The third kappa shape index (κ3) is 5.97. The number of fused-ring (bicyclic) bond motifs is 19. The normalized spacial score (nSPS) is 12.1. The van der Waals surface area contributed by atoms with Crippen molar-refractivity contribution in [2.24, 2.45) is 0 Å². The molecule has 0 aliphatic rings. The van der Waals surface area contributed by atoms with Gasteiger partial charge in [0.05, 0.1) is 0 Å². The quantitative estimate of drug-likeness (QED) is 0.154. The van der Waals surface area contributed by atoms with Crippen LogP contribution in [0.15, 0.2) is 267 Å². The average molecular weight is 933 g/mol. The molecule has 0 aliphatic heterocycles. The van der Waals surface area contributed by atoms with Gasteiger partial charge in [0, 0.05) is 0 Å². The fourth-order valence-electron chi connectivity index (χ4n) is 13.2. The third-order valence-corrected chi connectivity index (χ3v) is 16.3. The summed E-state index contributed by atoms with van der Waals surface area (Å²) < 4.78 is 0. The Kier molecular flexibility index (Phi) is 8.84. The van der Waals surface area contributed by atoms with Gasteiger partial charge in [0.15, 0.2) is 0 Å². The summed E-state index contributed by atoms with van der Waals surface area (Å²) in [5, 5.41) is 27.7. The minimum atomic E-state index is 1.21. The maximum absolute atomic E-state index is 2.53. The van der Waals surface area contributed by atoms with Crippen molar-refractivity contribution in [3.8, 4) is 44.5 Å². The lowest BCUT2D eigenvalue weighted by Crippen LogP contribution is -1.94. The van der Waals surface area contributed by atoms with E-state index in [9.17, 15) is 0 Å². The zero-order valence-corrected chi connectivity index (χ0v) is 40.4. The van der Waals surface area contributed by atoms with Crippen molar-refractivity contribution in [1.82, 2.24) is 0 Å². The molecule has 0 unspecified atom stereocenters. The molecular weight excluding hydrogens is 889 g/mol. The van der Waals surface area contributed by atoms with Gasteiger partial charge in [-0.1, -0.05) is 243 Å². The van der Waals surface area contributed by atoms with Crippen LogP contribution < -0.4 is 0 Å². The van der Waals surface area contributed by atoms with Crippen LogP contribution in [0, 0.1) is 0 Å². The molecule has 74 heavy (non-hydrogen) atoms. The highest BCUT2D eigenvalue weighted by Crippen LogP contribution is 2.51. The highest BCUT2D eigenvalue weighted by molar-refractivity contribution is 6.40. The van der Waals surface area contributed by atoms with E-state index in [4.69, 9.17) is 0 Å². The zero-order chi connectivity index (χ0) is 48.4. The first kappa shape index (κ1) is 41.0. The Morgan fingerprint density at radius 2 is 0.365 bits per heavy atom. The molecular formula is C74H44. The van der Waals surface area contributed by atoms with Gasteiger partial charge in [0.2, 0.25) is 0 Å². The van der Waals surface area contributed by atoms with E-state index in [0.717, 1.165) is 0 Å². The molecule has 16 aromatic rings. The second kappa shape index (κ2) is 15.9. The number of hydrogen-bond acceptors (Lipinski definition) is 0. The van der Waals surface area contributed by atoms with E-state index in [2.05, 4.69) is 267 Å². The summed E-state index contributed by atoms with van der Waals surface area (Å²) in [7, 11) is 0. The molecule has 340 valence electrons. The van der Waals surface area contributed by atoms with E-state index in [0.29, 0.717) is 0 Å². The van der Waals surface area contributed by atoms with Crippen molar-refractivity contribution in [3.63, 3.8) is 0 Å². The van der Waals surface area contributed by atoms with E-state index >= 15 is 0 Å². The van der Waals surface area contributed by atoms with Crippen LogP contribution in [-0.4, -0.2) is 0 Å². The molecule has 0 saturated carbocycles. The molecule has 0 N–H and O–H groups in total. The van der Waals surface area contributed by atoms with Gasteiger partial charge in [0.1, 0.15) is 0 Å². The Morgan fingerprint density at radius 1 is 0.135 bits per heavy atom. The maximum atomic E-state index is 2.53. The van der Waals surface area contributed by atoms with Crippen molar-refractivity contribution in [3.05, 3.63) is 267 Å². The molecule has 0 atom stereocenters. The molecule has 16 aromatic carbocycles. The topological polar surface area (TPSA) is 0 Å². The van der Waals surface area contributed by atoms with Crippen LogP contribution in [0.1, 0.15) is 0 Å². The minimum Gasteiger partial charge on any atom is -0.0616 e. The Bertz CT molecular complexity index is 4750. The molecule has 0 heterocycles. The van der Waals surface area contributed by atoms with Crippen molar-refractivity contribution in [1.29, 1.82) is 0 Å². The van der Waals surface area contributed by atoms with E-state index in [-0.39, 0.29) is 0 Å². The van der Waals surface area contributed by atoms with Gasteiger partial charge in [-0.2, -0.15) is 0 Å². The van der Waals surface area contributed by atoms with E-state index in [1.165, 1.54) is 163 Å². The van der Waals surface area contributed by atoms with Gasteiger partial charge >= 0.3 is 0 Å².